The number of aromatic nitrogens is 2. The summed E-state index contributed by atoms with van der Waals surface area (Å²) in [6, 6.07) is 9.77. The van der Waals surface area contributed by atoms with E-state index in [1.165, 1.54) is 0 Å². The molecule has 1 aromatic carbocycles. The van der Waals surface area contributed by atoms with Crippen LogP contribution in [-0.2, 0) is 21.4 Å². The molecule has 140 valence electrons. The van der Waals surface area contributed by atoms with Gasteiger partial charge in [-0.1, -0.05) is 30.3 Å². The molecule has 0 bridgehead atoms. The van der Waals surface area contributed by atoms with Gasteiger partial charge in [0.05, 0.1) is 12.2 Å². The van der Waals surface area contributed by atoms with E-state index in [1.807, 2.05) is 30.3 Å². The molecule has 1 N–H and O–H groups in total. The maximum absolute atomic E-state index is 12.5. The summed E-state index contributed by atoms with van der Waals surface area (Å²) in [6.45, 7) is 3.88. The number of rotatable bonds is 8. The van der Waals surface area contributed by atoms with Gasteiger partial charge in [0.2, 0.25) is 15.9 Å². The molecule has 2 heterocycles. The lowest BCUT2D eigenvalue weighted by molar-refractivity contribution is -0.127. The topological polar surface area (TPSA) is 84.3 Å². The Balaban J connectivity index is 1.57. The summed E-state index contributed by atoms with van der Waals surface area (Å²) in [4.78, 5) is 13.5. The fourth-order valence-electron chi connectivity index (χ4n) is 3.11. The lowest BCUT2D eigenvalue weighted by Gasteiger charge is -2.15. The summed E-state index contributed by atoms with van der Waals surface area (Å²) in [7, 11) is -3.61. The Hall–Kier alpha value is -2.19. The van der Waals surface area contributed by atoms with Crippen LogP contribution in [0.15, 0.2) is 41.4 Å². The zero-order valence-corrected chi connectivity index (χ0v) is 15.7. The second-order valence-electron chi connectivity index (χ2n) is 6.50. The highest BCUT2D eigenvalue weighted by Gasteiger charge is 2.22. The van der Waals surface area contributed by atoms with Crippen molar-refractivity contribution in [3.8, 4) is 0 Å². The highest BCUT2D eigenvalue weighted by atomic mass is 32.2. The van der Waals surface area contributed by atoms with E-state index in [2.05, 4.69) is 9.82 Å². The summed E-state index contributed by atoms with van der Waals surface area (Å²) in [5.74, 6) is 0.158. The van der Waals surface area contributed by atoms with E-state index in [0.717, 1.165) is 18.5 Å². The molecule has 0 spiro atoms. The number of aryl methyl sites for hydroxylation is 1. The number of nitrogens with one attached hydrogen (secondary N) is 1. The zero-order valence-electron chi connectivity index (χ0n) is 14.9. The smallest absolute Gasteiger partial charge is 0.243 e. The van der Waals surface area contributed by atoms with Gasteiger partial charge in [0.15, 0.2) is 0 Å². The second-order valence-corrected chi connectivity index (χ2v) is 8.23. The first kappa shape index (κ1) is 18.6. The van der Waals surface area contributed by atoms with Crippen molar-refractivity contribution in [2.45, 2.75) is 37.6 Å². The molecule has 0 unspecified atom stereocenters. The summed E-state index contributed by atoms with van der Waals surface area (Å²) in [6.07, 6.45) is 3.66. The number of sulfonamides is 1. The summed E-state index contributed by atoms with van der Waals surface area (Å²) in [5.41, 5.74) is 1.53. The highest BCUT2D eigenvalue weighted by molar-refractivity contribution is 7.89. The van der Waals surface area contributed by atoms with Crippen molar-refractivity contribution in [3.63, 3.8) is 0 Å². The molecule has 0 atom stereocenters. The third kappa shape index (κ3) is 4.50. The van der Waals surface area contributed by atoms with Gasteiger partial charge in [-0.25, -0.2) is 13.1 Å². The molecule has 0 saturated carbocycles. The number of hydrogen-bond acceptors (Lipinski definition) is 4. The number of carbonyl (C=O) groups is 1. The first-order valence-corrected chi connectivity index (χ1v) is 10.3. The lowest BCUT2D eigenvalue weighted by atomic mass is 10.2. The summed E-state index contributed by atoms with van der Waals surface area (Å²) in [5, 5.41) is 4.32. The van der Waals surface area contributed by atoms with Crippen molar-refractivity contribution >= 4 is 15.9 Å². The number of nitrogens with zero attached hydrogens (tertiary/aromatic N) is 3. The molecule has 1 saturated heterocycles. The van der Waals surface area contributed by atoms with Crippen LogP contribution in [-0.4, -0.2) is 48.6 Å². The number of benzene rings is 1. The number of likely N-dealkylation sites (tertiary alicyclic amines) is 1. The van der Waals surface area contributed by atoms with Gasteiger partial charge in [-0.2, -0.15) is 5.10 Å². The van der Waals surface area contributed by atoms with Gasteiger partial charge in [-0.3, -0.25) is 9.48 Å². The van der Waals surface area contributed by atoms with E-state index >= 15 is 0 Å². The first-order valence-electron chi connectivity index (χ1n) is 8.81. The van der Waals surface area contributed by atoms with Crippen LogP contribution in [0.1, 0.15) is 30.5 Å². The summed E-state index contributed by atoms with van der Waals surface area (Å²) < 4.78 is 29.3. The molecular formula is C18H24N4O3S. The first-order chi connectivity index (χ1) is 12.5. The van der Waals surface area contributed by atoms with Crippen LogP contribution in [0.4, 0.5) is 0 Å². The minimum atomic E-state index is -3.61. The SMILES string of the molecule is Cc1nn(Cc2ccccc2)cc1S(=O)(=O)NCCCN1CCCC1=O. The highest BCUT2D eigenvalue weighted by Crippen LogP contribution is 2.15. The van der Waals surface area contributed by atoms with Gasteiger partial charge < -0.3 is 4.90 Å². The number of amides is 1. The van der Waals surface area contributed by atoms with Crippen LogP contribution in [0.3, 0.4) is 0 Å². The maximum Gasteiger partial charge on any atom is 0.243 e. The van der Waals surface area contributed by atoms with Crippen LogP contribution in [0, 0.1) is 6.92 Å². The molecule has 0 aliphatic carbocycles. The molecule has 8 heteroatoms. The van der Waals surface area contributed by atoms with Crippen molar-refractivity contribution in [2.75, 3.05) is 19.6 Å². The van der Waals surface area contributed by atoms with E-state index in [-0.39, 0.29) is 10.8 Å². The van der Waals surface area contributed by atoms with Crippen molar-refractivity contribution in [3.05, 3.63) is 47.8 Å². The maximum atomic E-state index is 12.5. The molecule has 3 rings (SSSR count). The molecular weight excluding hydrogens is 352 g/mol. The Bertz CT molecular complexity index is 862. The fraction of sp³-hybridized carbons (Fsp3) is 0.444. The molecule has 1 aromatic heterocycles. The summed E-state index contributed by atoms with van der Waals surface area (Å²) >= 11 is 0. The predicted molar refractivity (Wildman–Crippen MR) is 98.1 cm³/mol. The average molecular weight is 376 g/mol. The Morgan fingerprint density at radius 1 is 1.23 bits per heavy atom. The Morgan fingerprint density at radius 3 is 2.69 bits per heavy atom. The van der Waals surface area contributed by atoms with Gasteiger partial charge >= 0.3 is 0 Å². The van der Waals surface area contributed by atoms with Gasteiger partial charge in [-0.15, -0.1) is 0 Å². The van der Waals surface area contributed by atoms with Crippen LogP contribution in [0.2, 0.25) is 0 Å². The fourth-order valence-corrected chi connectivity index (χ4v) is 4.37. The van der Waals surface area contributed by atoms with E-state index in [0.29, 0.717) is 38.2 Å². The van der Waals surface area contributed by atoms with Crippen LogP contribution >= 0.6 is 0 Å². The molecule has 0 radical (unpaired) electrons. The Labute approximate surface area is 154 Å². The third-order valence-corrected chi connectivity index (χ3v) is 6.01. The van der Waals surface area contributed by atoms with Crippen LogP contribution in [0.5, 0.6) is 0 Å². The van der Waals surface area contributed by atoms with Gasteiger partial charge in [0, 0.05) is 32.3 Å². The van der Waals surface area contributed by atoms with Crippen LogP contribution in [0.25, 0.3) is 0 Å². The van der Waals surface area contributed by atoms with Gasteiger partial charge in [0.1, 0.15) is 4.90 Å². The normalized spacial score (nSPS) is 15.0. The van der Waals surface area contributed by atoms with Crippen molar-refractivity contribution in [2.24, 2.45) is 0 Å². The van der Waals surface area contributed by atoms with Gasteiger partial charge in [0.25, 0.3) is 0 Å². The molecule has 1 aliphatic heterocycles. The standard InChI is InChI=1S/C18H24N4O3S/c1-15-17(14-22(20-15)13-16-7-3-2-4-8-16)26(24,25)19-10-6-12-21-11-5-9-18(21)23/h2-4,7-8,14,19H,5-6,9-13H2,1H3. The third-order valence-electron chi connectivity index (χ3n) is 4.45. The second kappa shape index (κ2) is 8.01. The number of carbonyl (C=O) groups excluding carboxylic acids is 1. The molecule has 26 heavy (non-hydrogen) atoms. The Morgan fingerprint density at radius 2 is 2.00 bits per heavy atom. The van der Waals surface area contributed by atoms with E-state index in [9.17, 15) is 13.2 Å². The molecule has 1 fully saturated rings. The van der Waals surface area contributed by atoms with E-state index in [1.54, 1.807) is 22.7 Å². The molecule has 2 aromatic rings. The predicted octanol–water partition coefficient (Wildman–Crippen LogP) is 1.53. The number of hydrogen-bond donors (Lipinski definition) is 1. The van der Waals surface area contributed by atoms with E-state index < -0.39 is 10.0 Å². The Kier molecular flexibility index (Phi) is 5.73. The molecule has 1 amide bonds. The quantitative estimate of drug-likeness (QED) is 0.708. The van der Waals surface area contributed by atoms with Crippen molar-refractivity contribution in [1.29, 1.82) is 0 Å². The average Bonchev–Trinajstić information content (AvgIpc) is 3.18. The lowest BCUT2D eigenvalue weighted by Crippen LogP contribution is -2.30. The van der Waals surface area contributed by atoms with E-state index in [4.69, 9.17) is 0 Å². The van der Waals surface area contributed by atoms with Crippen molar-refractivity contribution in [1.82, 2.24) is 19.4 Å². The monoisotopic (exact) mass is 376 g/mol. The largest absolute Gasteiger partial charge is 0.343 e. The zero-order chi connectivity index (χ0) is 18.6. The molecule has 1 aliphatic rings. The minimum absolute atomic E-state index is 0.158. The van der Waals surface area contributed by atoms with Gasteiger partial charge in [-0.05, 0) is 25.3 Å². The van der Waals surface area contributed by atoms with Crippen molar-refractivity contribution < 1.29 is 13.2 Å². The molecule has 7 nitrogen and oxygen atoms in total. The minimum Gasteiger partial charge on any atom is -0.343 e. The van der Waals surface area contributed by atoms with Crippen LogP contribution < -0.4 is 4.72 Å².